The number of rotatable bonds is 5. The Bertz CT molecular complexity index is 638. The molecule has 0 spiro atoms. The lowest BCUT2D eigenvalue weighted by atomic mass is 10.1. The summed E-state index contributed by atoms with van der Waals surface area (Å²) in [7, 11) is 3.64. The largest absolute Gasteiger partial charge is 0.497 e. The molecular weight excluding hydrogens is 286 g/mol. The third kappa shape index (κ3) is 3.76. The van der Waals surface area contributed by atoms with Gasteiger partial charge in [0.2, 0.25) is 0 Å². The van der Waals surface area contributed by atoms with Crippen LogP contribution < -0.4 is 9.64 Å². The zero-order valence-electron chi connectivity index (χ0n) is 12.4. The molecule has 0 unspecified atom stereocenters. The Morgan fingerprint density at radius 3 is 2.38 bits per heavy atom. The smallest absolute Gasteiger partial charge is 0.161 e. The first-order valence-corrected chi connectivity index (χ1v) is 7.03. The molecule has 0 atom stereocenters. The van der Waals surface area contributed by atoms with E-state index in [1.165, 1.54) is 12.5 Å². The van der Waals surface area contributed by atoms with Gasteiger partial charge >= 0.3 is 0 Å². The van der Waals surface area contributed by atoms with Gasteiger partial charge in [-0.15, -0.1) is 0 Å². The lowest BCUT2D eigenvalue weighted by molar-refractivity contribution is 0.101. The van der Waals surface area contributed by atoms with E-state index in [9.17, 15) is 4.79 Å². The summed E-state index contributed by atoms with van der Waals surface area (Å²) in [5.41, 5.74) is 2.70. The van der Waals surface area contributed by atoms with Gasteiger partial charge in [-0.1, -0.05) is 23.7 Å². The molecule has 0 saturated heterocycles. The molecule has 0 aliphatic heterocycles. The van der Waals surface area contributed by atoms with E-state index in [4.69, 9.17) is 16.3 Å². The van der Waals surface area contributed by atoms with Gasteiger partial charge in [-0.3, -0.25) is 4.79 Å². The minimum atomic E-state index is -0.0237. The first kappa shape index (κ1) is 15.4. The average molecular weight is 304 g/mol. The predicted octanol–water partition coefficient (Wildman–Crippen LogP) is 4.19. The molecule has 0 bridgehead atoms. The number of ketones is 1. The number of methoxy groups -OCH3 is 1. The van der Waals surface area contributed by atoms with E-state index < -0.39 is 0 Å². The van der Waals surface area contributed by atoms with E-state index in [0.29, 0.717) is 10.6 Å². The Labute approximate surface area is 130 Å². The molecule has 2 rings (SSSR count). The van der Waals surface area contributed by atoms with Gasteiger partial charge in [0.25, 0.3) is 0 Å². The number of nitrogens with zero attached hydrogens (tertiary/aromatic N) is 1. The maximum atomic E-state index is 11.4. The maximum Gasteiger partial charge on any atom is 0.161 e. The van der Waals surface area contributed by atoms with Gasteiger partial charge in [0.05, 0.1) is 12.1 Å². The molecule has 3 nitrogen and oxygen atoms in total. The number of halogens is 1. The van der Waals surface area contributed by atoms with Gasteiger partial charge in [-0.05, 0) is 42.8 Å². The quantitative estimate of drug-likeness (QED) is 0.776. The van der Waals surface area contributed by atoms with Crippen LogP contribution in [0.15, 0.2) is 42.5 Å². The van der Waals surface area contributed by atoms with Crippen LogP contribution in [0.4, 0.5) is 5.69 Å². The third-order valence-corrected chi connectivity index (χ3v) is 3.66. The minimum Gasteiger partial charge on any atom is -0.497 e. The second-order valence-corrected chi connectivity index (χ2v) is 5.33. The van der Waals surface area contributed by atoms with Crippen LogP contribution in [0.1, 0.15) is 22.8 Å². The van der Waals surface area contributed by atoms with Crippen LogP contribution in [0.2, 0.25) is 5.02 Å². The zero-order valence-corrected chi connectivity index (χ0v) is 13.1. The molecule has 0 heterocycles. The van der Waals surface area contributed by atoms with Crippen molar-refractivity contribution in [2.75, 3.05) is 19.1 Å². The fraction of sp³-hybridized carbons (Fsp3) is 0.235. The molecule has 0 fully saturated rings. The summed E-state index contributed by atoms with van der Waals surface area (Å²) in [5.74, 6) is 0.819. The normalized spacial score (nSPS) is 10.3. The van der Waals surface area contributed by atoms with Gasteiger partial charge in [0.1, 0.15) is 5.75 Å². The van der Waals surface area contributed by atoms with Crippen molar-refractivity contribution in [3.8, 4) is 5.75 Å². The van der Waals surface area contributed by atoms with Crippen LogP contribution in [-0.4, -0.2) is 19.9 Å². The molecule has 4 heteroatoms. The number of carbonyl (C=O) groups is 1. The van der Waals surface area contributed by atoms with Crippen LogP contribution in [0, 0.1) is 0 Å². The van der Waals surface area contributed by atoms with Crippen LogP contribution in [0.5, 0.6) is 5.75 Å². The Kier molecular flexibility index (Phi) is 4.86. The van der Waals surface area contributed by atoms with Gasteiger partial charge in [-0.25, -0.2) is 0 Å². The summed E-state index contributed by atoms with van der Waals surface area (Å²) in [6, 6.07) is 13.4. The molecule has 0 aliphatic rings. The second kappa shape index (κ2) is 6.64. The van der Waals surface area contributed by atoms with Crippen molar-refractivity contribution >= 4 is 23.1 Å². The molecule has 0 aliphatic carbocycles. The standard InChI is InChI=1S/C17H18ClNO2/c1-12(20)16-9-6-14(10-17(16)18)19(2)11-13-4-7-15(21-3)8-5-13/h4-10H,11H2,1-3H3. The first-order chi connectivity index (χ1) is 10.0. The molecule has 0 radical (unpaired) electrons. The summed E-state index contributed by atoms with van der Waals surface area (Å²) in [6.07, 6.45) is 0. The molecule has 0 amide bonds. The van der Waals surface area contributed by atoms with Crippen molar-refractivity contribution in [3.05, 3.63) is 58.6 Å². The van der Waals surface area contributed by atoms with Gasteiger partial charge in [0.15, 0.2) is 5.78 Å². The number of ether oxygens (including phenoxy) is 1. The van der Waals surface area contributed by atoms with Crippen molar-refractivity contribution in [2.24, 2.45) is 0 Å². The monoisotopic (exact) mass is 303 g/mol. The van der Waals surface area contributed by atoms with E-state index in [1.54, 1.807) is 13.2 Å². The molecule has 2 aromatic rings. The Morgan fingerprint density at radius 1 is 1.19 bits per heavy atom. The molecular formula is C17H18ClNO2. The number of anilines is 1. The van der Waals surface area contributed by atoms with E-state index >= 15 is 0 Å². The highest BCUT2D eigenvalue weighted by Gasteiger charge is 2.09. The van der Waals surface area contributed by atoms with Crippen molar-refractivity contribution < 1.29 is 9.53 Å². The minimum absolute atomic E-state index is 0.0237. The summed E-state index contributed by atoms with van der Waals surface area (Å²) < 4.78 is 5.15. The number of Topliss-reactive ketones (excluding diaryl/α,β-unsaturated/α-hetero) is 1. The van der Waals surface area contributed by atoms with Crippen LogP contribution in [0.3, 0.4) is 0 Å². The van der Waals surface area contributed by atoms with E-state index in [-0.39, 0.29) is 5.78 Å². The third-order valence-electron chi connectivity index (χ3n) is 3.35. The van der Waals surface area contributed by atoms with Crippen molar-refractivity contribution in [3.63, 3.8) is 0 Å². The highest BCUT2D eigenvalue weighted by molar-refractivity contribution is 6.34. The van der Waals surface area contributed by atoms with Crippen LogP contribution in [-0.2, 0) is 6.54 Å². The molecule has 110 valence electrons. The highest BCUT2D eigenvalue weighted by atomic mass is 35.5. The average Bonchev–Trinajstić information content (AvgIpc) is 2.47. The van der Waals surface area contributed by atoms with E-state index in [0.717, 1.165) is 18.0 Å². The fourth-order valence-corrected chi connectivity index (χ4v) is 2.43. The number of carbonyl (C=O) groups excluding carboxylic acids is 1. The Hall–Kier alpha value is -2.00. The number of hydrogen-bond acceptors (Lipinski definition) is 3. The van der Waals surface area contributed by atoms with Gasteiger partial charge < -0.3 is 9.64 Å². The Balaban J connectivity index is 2.14. The Morgan fingerprint density at radius 2 is 1.86 bits per heavy atom. The zero-order chi connectivity index (χ0) is 15.4. The number of hydrogen-bond donors (Lipinski definition) is 0. The SMILES string of the molecule is COc1ccc(CN(C)c2ccc(C(C)=O)c(Cl)c2)cc1. The van der Waals surface area contributed by atoms with Gasteiger partial charge in [-0.2, -0.15) is 0 Å². The summed E-state index contributed by atoms with van der Waals surface area (Å²) in [6.45, 7) is 2.27. The van der Waals surface area contributed by atoms with E-state index in [2.05, 4.69) is 4.90 Å². The molecule has 21 heavy (non-hydrogen) atoms. The topological polar surface area (TPSA) is 29.5 Å². The molecule has 0 aromatic heterocycles. The molecule has 0 saturated carbocycles. The van der Waals surface area contributed by atoms with Crippen LogP contribution >= 0.6 is 11.6 Å². The number of benzene rings is 2. The van der Waals surface area contributed by atoms with E-state index in [1.807, 2.05) is 43.4 Å². The van der Waals surface area contributed by atoms with Crippen molar-refractivity contribution in [2.45, 2.75) is 13.5 Å². The van der Waals surface area contributed by atoms with Crippen molar-refractivity contribution in [1.82, 2.24) is 0 Å². The lowest BCUT2D eigenvalue weighted by Gasteiger charge is -2.20. The van der Waals surface area contributed by atoms with Crippen LogP contribution in [0.25, 0.3) is 0 Å². The summed E-state index contributed by atoms with van der Waals surface area (Å²) >= 11 is 6.15. The first-order valence-electron chi connectivity index (χ1n) is 6.66. The maximum absolute atomic E-state index is 11.4. The summed E-state index contributed by atoms with van der Waals surface area (Å²) in [5, 5.41) is 0.488. The van der Waals surface area contributed by atoms with Gasteiger partial charge in [0, 0.05) is 24.8 Å². The predicted molar refractivity (Wildman–Crippen MR) is 86.6 cm³/mol. The molecule has 0 N–H and O–H groups in total. The highest BCUT2D eigenvalue weighted by Crippen LogP contribution is 2.24. The fourth-order valence-electron chi connectivity index (χ4n) is 2.12. The molecule has 2 aromatic carbocycles. The lowest BCUT2D eigenvalue weighted by Crippen LogP contribution is -2.16. The van der Waals surface area contributed by atoms with Crippen molar-refractivity contribution in [1.29, 1.82) is 0 Å². The summed E-state index contributed by atoms with van der Waals surface area (Å²) in [4.78, 5) is 13.5. The second-order valence-electron chi connectivity index (χ2n) is 4.92.